The van der Waals surface area contributed by atoms with Crippen molar-refractivity contribution in [2.24, 2.45) is 0 Å². The molecule has 20 heavy (non-hydrogen) atoms. The standard InChI is InChI=1S/C18H23NO/c1-2-3-4-8-15-20-18-13-11-17(12-14-18)19-16-9-6-5-7-10-16/h5-7,9-14,19H,2-4,8,15H2,1H3. The Morgan fingerprint density at radius 3 is 2.20 bits per heavy atom. The Balaban J connectivity index is 1.78. The Morgan fingerprint density at radius 1 is 0.800 bits per heavy atom. The van der Waals surface area contributed by atoms with Crippen LogP contribution in [0.2, 0.25) is 0 Å². The second-order valence-corrected chi connectivity index (χ2v) is 4.92. The summed E-state index contributed by atoms with van der Waals surface area (Å²) in [6.07, 6.45) is 4.95. The van der Waals surface area contributed by atoms with Gasteiger partial charge in [-0.3, -0.25) is 0 Å². The van der Waals surface area contributed by atoms with Crippen LogP contribution in [0.15, 0.2) is 54.6 Å². The van der Waals surface area contributed by atoms with Crippen molar-refractivity contribution in [3.05, 3.63) is 54.6 Å². The molecule has 0 bridgehead atoms. The Hall–Kier alpha value is -1.96. The Morgan fingerprint density at radius 2 is 1.50 bits per heavy atom. The van der Waals surface area contributed by atoms with Crippen LogP contribution in [0, 0.1) is 0 Å². The summed E-state index contributed by atoms with van der Waals surface area (Å²) < 4.78 is 5.73. The minimum Gasteiger partial charge on any atom is -0.494 e. The molecule has 0 saturated carbocycles. The van der Waals surface area contributed by atoms with E-state index >= 15 is 0 Å². The summed E-state index contributed by atoms with van der Waals surface area (Å²) in [6, 6.07) is 18.3. The maximum Gasteiger partial charge on any atom is 0.119 e. The number of hydrogen-bond acceptors (Lipinski definition) is 2. The Bertz CT molecular complexity index is 479. The molecule has 0 aliphatic rings. The van der Waals surface area contributed by atoms with Crippen LogP contribution in [0.25, 0.3) is 0 Å². The molecule has 2 heteroatoms. The molecule has 2 aromatic carbocycles. The largest absolute Gasteiger partial charge is 0.494 e. The van der Waals surface area contributed by atoms with Crippen molar-refractivity contribution in [2.45, 2.75) is 32.6 Å². The van der Waals surface area contributed by atoms with Crippen LogP contribution in [0.4, 0.5) is 11.4 Å². The van der Waals surface area contributed by atoms with Gasteiger partial charge in [-0.05, 0) is 42.8 Å². The summed E-state index contributed by atoms with van der Waals surface area (Å²) in [5, 5.41) is 3.36. The van der Waals surface area contributed by atoms with Crippen LogP contribution in [-0.2, 0) is 0 Å². The van der Waals surface area contributed by atoms with Gasteiger partial charge in [0.05, 0.1) is 6.61 Å². The third-order valence-corrected chi connectivity index (χ3v) is 3.18. The summed E-state index contributed by atoms with van der Waals surface area (Å²) in [5.41, 5.74) is 2.18. The van der Waals surface area contributed by atoms with Crippen LogP contribution < -0.4 is 10.1 Å². The van der Waals surface area contributed by atoms with Crippen molar-refractivity contribution in [1.82, 2.24) is 0 Å². The predicted molar refractivity (Wildman–Crippen MR) is 85.8 cm³/mol. The minimum absolute atomic E-state index is 0.811. The first-order valence-corrected chi connectivity index (χ1v) is 7.43. The van der Waals surface area contributed by atoms with Gasteiger partial charge in [0.1, 0.15) is 5.75 Å². The first-order valence-electron chi connectivity index (χ1n) is 7.43. The lowest BCUT2D eigenvalue weighted by molar-refractivity contribution is 0.305. The van der Waals surface area contributed by atoms with Gasteiger partial charge in [-0.25, -0.2) is 0 Å². The number of ether oxygens (including phenoxy) is 1. The lowest BCUT2D eigenvalue weighted by Gasteiger charge is -2.09. The maximum absolute atomic E-state index is 5.73. The van der Waals surface area contributed by atoms with Gasteiger partial charge in [0.2, 0.25) is 0 Å². The van der Waals surface area contributed by atoms with Crippen molar-refractivity contribution >= 4 is 11.4 Å². The molecule has 0 unspecified atom stereocenters. The molecule has 0 radical (unpaired) electrons. The highest BCUT2D eigenvalue weighted by atomic mass is 16.5. The van der Waals surface area contributed by atoms with E-state index in [2.05, 4.69) is 24.4 Å². The van der Waals surface area contributed by atoms with E-state index in [1.165, 1.54) is 19.3 Å². The van der Waals surface area contributed by atoms with Gasteiger partial charge in [-0.1, -0.05) is 44.4 Å². The summed E-state index contributed by atoms with van der Waals surface area (Å²) in [5.74, 6) is 0.945. The van der Waals surface area contributed by atoms with E-state index in [4.69, 9.17) is 4.74 Å². The number of benzene rings is 2. The van der Waals surface area contributed by atoms with Crippen LogP contribution in [0.1, 0.15) is 32.6 Å². The number of unbranched alkanes of at least 4 members (excludes halogenated alkanes) is 3. The average molecular weight is 269 g/mol. The van der Waals surface area contributed by atoms with E-state index < -0.39 is 0 Å². The molecule has 2 rings (SSSR count). The lowest BCUT2D eigenvalue weighted by Crippen LogP contribution is -1.97. The summed E-state index contributed by atoms with van der Waals surface area (Å²) in [4.78, 5) is 0. The summed E-state index contributed by atoms with van der Waals surface area (Å²) in [6.45, 7) is 3.03. The fourth-order valence-corrected chi connectivity index (χ4v) is 2.04. The molecular weight excluding hydrogens is 246 g/mol. The van der Waals surface area contributed by atoms with Gasteiger partial charge in [-0.15, -0.1) is 0 Å². The van der Waals surface area contributed by atoms with Crippen molar-refractivity contribution in [3.63, 3.8) is 0 Å². The van der Waals surface area contributed by atoms with E-state index in [0.29, 0.717) is 0 Å². The quantitative estimate of drug-likeness (QED) is 0.649. The highest BCUT2D eigenvalue weighted by molar-refractivity contribution is 5.59. The summed E-state index contributed by atoms with van der Waals surface area (Å²) in [7, 11) is 0. The topological polar surface area (TPSA) is 21.3 Å². The number of hydrogen-bond donors (Lipinski definition) is 1. The highest BCUT2D eigenvalue weighted by Crippen LogP contribution is 2.20. The van der Waals surface area contributed by atoms with Crippen LogP contribution >= 0.6 is 0 Å². The number of rotatable bonds is 8. The second-order valence-electron chi connectivity index (χ2n) is 4.92. The molecule has 0 aliphatic heterocycles. The molecule has 2 aromatic rings. The van der Waals surface area contributed by atoms with Crippen molar-refractivity contribution < 1.29 is 4.74 Å². The zero-order valence-corrected chi connectivity index (χ0v) is 12.1. The van der Waals surface area contributed by atoms with Crippen molar-refractivity contribution in [3.8, 4) is 5.75 Å². The number of anilines is 2. The van der Waals surface area contributed by atoms with E-state index in [1.54, 1.807) is 0 Å². The van der Waals surface area contributed by atoms with Crippen molar-refractivity contribution in [1.29, 1.82) is 0 Å². The maximum atomic E-state index is 5.73. The molecule has 106 valence electrons. The minimum atomic E-state index is 0.811. The van der Waals surface area contributed by atoms with Gasteiger partial charge in [-0.2, -0.15) is 0 Å². The first kappa shape index (κ1) is 14.4. The molecule has 0 aliphatic carbocycles. The molecule has 2 nitrogen and oxygen atoms in total. The van der Waals surface area contributed by atoms with Gasteiger partial charge < -0.3 is 10.1 Å². The molecule has 0 amide bonds. The SMILES string of the molecule is CCCCCCOc1ccc(Nc2ccccc2)cc1. The molecule has 0 fully saturated rings. The molecule has 0 aromatic heterocycles. The van der Waals surface area contributed by atoms with Crippen LogP contribution in [0.3, 0.4) is 0 Å². The molecule has 0 heterocycles. The zero-order chi connectivity index (χ0) is 14.0. The van der Waals surface area contributed by atoms with Gasteiger partial charge >= 0.3 is 0 Å². The summed E-state index contributed by atoms with van der Waals surface area (Å²) >= 11 is 0. The second kappa shape index (κ2) is 8.26. The van der Waals surface area contributed by atoms with Gasteiger partial charge in [0.15, 0.2) is 0 Å². The lowest BCUT2D eigenvalue weighted by atomic mass is 10.2. The van der Waals surface area contributed by atoms with E-state index in [1.807, 2.05) is 42.5 Å². The highest BCUT2D eigenvalue weighted by Gasteiger charge is 1.96. The number of nitrogens with one attached hydrogen (secondary N) is 1. The molecule has 0 saturated heterocycles. The first-order chi connectivity index (χ1) is 9.88. The normalized spacial score (nSPS) is 10.2. The third kappa shape index (κ3) is 4.96. The molecular formula is C18H23NO. The fraction of sp³-hybridized carbons (Fsp3) is 0.333. The molecule has 0 spiro atoms. The fourth-order valence-electron chi connectivity index (χ4n) is 2.04. The van der Waals surface area contributed by atoms with Crippen LogP contribution in [-0.4, -0.2) is 6.61 Å². The smallest absolute Gasteiger partial charge is 0.119 e. The van der Waals surface area contributed by atoms with E-state index in [0.717, 1.165) is 30.2 Å². The Labute approximate surface area is 121 Å². The molecule has 0 atom stereocenters. The van der Waals surface area contributed by atoms with Crippen LogP contribution in [0.5, 0.6) is 5.75 Å². The van der Waals surface area contributed by atoms with E-state index in [-0.39, 0.29) is 0 Å². The van der Waals surface area contributed by atoms with Gasteiger partial charge in [0, 0.05) is 11.4 Å². The zero-order valence-electron chi connectivity index (χ0n) is 12.1. The third-order valence-electron chi connectivity index (χ3n) is 3.18. The van der Waals surface area contributed by atoms with E-state index in [9.17, 15) is 0 Å². The monoisotopic (exact) mass is 269 g/mol. The van der Waals surface area contributed by atoms with Gasteiger partial charge in [0.25, 0.3) is 0 Å². The Kier molecular flexibility index (Phi) is 5.97. The van der Waals surface area contributed by atoms with Crippen molar-refractivity contribution in [2.75, 3.05) is 11.9 Å². The average Bonchev–Trinajstić information content (AvgIpc) is 2.50. The number of para-hydroxylation sites is 1. The predicted octanol–water partition coefficient (Wildman–Crippen LogP) is 5.39. The molecule has 1 N–H and O–H groups in total.